The van der Waals surface area contributed by atoms with Crippen molar-refractivity contribution in [1.29, 1.82) is 0 Å². The van der Waals surface area contributed by atoms with E-state index >= 15 is 0 Å². The number of amides is 2. The number of hydrogen-bond donors (Lipinski definition) is 1. The van der Waals surface area contributed by atoms with E-state index in [4.69, 9.17) is 16.3 Å². The number of thioether (sulfide) groups is 1. The van der Waals surface area contributed by atoms with Crippen molar-refractivity contribution in [2.24, 2.45) is 0 Å². The zero-order chi connectivity index (χ0) is 20.5. The van der Waals surface area contributed by atoms with Crippen molar-refractivity contribution in [2.75, 3.05) is 39.0 Å². The normalized spacial score (nSPS) is 23.8. The highest BCUT2D eigenvalue weighted by molar-refractivity contribution is 7.99. The lowest BCUT2D eigenvalue weighted by molar-refractivity contribution is -0.883. The zero-order valence-electron chi connectivity index (χ0n) is 16.9. The molecule has 2 aliphatic heterocycles. The van der Waals surface area contributed by atoms with Gasteiger partial charge in [-0.1, -0.05) is 23.7 Å². The van der Waals surface area contributed by atoms with Crippen molar-refractivity contribution in [3.8, 4) is 0 Å². The maximum Gasteiger partial charge on any atom is 0.412 e. The Morgan fingerprint density at radius 2 is 1.79 bits per heavy atom. The second-order valence-electron chi connectivity index (χ2n) is 8.42. The monoisotopic (exact) mass is 426 g/mol. The smallest absolute Gasteiger partial charge is 0.412 e. The Bertz CT molecular complexity index is 714. The molecular formula is C20H29ClN3O3S+. The molecular weight excluding hydrogens is 398 g/mol. The fraction of sp³-hybridized carbons (Fsp3) is 0.600. The average Bonchev–Trinajstić information content (AvgIpc) is 3.06. The summed E-state index contributed by atoms with van der Waals surface area (Å²) in [4.78, 5) is 31.2. The molecule has 28 heavy (non-hydrogen) atoms. The number of piperazine rings is 1. The third-order valence-electron chi connectivity index (χ3n) is 4.97. The number of benzene rings is 1. The Balaban J connectivity index is 1.84. The summed E-state index contributed by atoms with van der Waals surface area (Å²) in [6.45, 7) is 8.82. The molecule has 0 unspecified atom stereocenters. The van der Waals surface area contributed by atoms with E-state index in [-0.39, 0.29) is 11.3 Å². The number of hydrogen-bond acceptors (Lipinski definition) is 4. The van der Waals surface area contributed by atoms with Crippen LogP contribution in [-0.4, -0.2) is 72.4 Å². The number of nitrogens with zero attached hydrogens (tertiary/aromatic N) is 2. The predicted octanol–water partition coefficient (Wildman–Crippen LogP) is 2.05. The largest absolute Gasteiger partial charge is 0.444 e. The van der Waals surface area contributed by atoms with Crippen molar-refractivity contribution >= 4 is 35.4 Å². The van der Waals surface area contributed by atoms with Crippen LogP contribution in [0.15, 0.2) is 24.3 Å². The van der Waals surface area contributed by atoms with Gasteiger partial charge in [0.2, 0.25) is 5.91 Å². The first-order valence-corrected chi connectivity index (χ1v) is 11.1. The Hall–Kier alpha value is -1.44. The summed E-state index contributed by atoms with van der Waals surface area (Å²) in [5.74, 6) is 0.576. The van der Waals surface area contributed by atoms with E-state index in [9.17, 15) is 9.59 Å². The van der Waals surface area contributed by atoms with Gasteiger partial charge >= 0.3 is 6.09 Å². The standard InChI is InChI=1S/C20H28ClN3O3S/c1-20(2,3)27-19(26)24-16(17(25)23-11-9-22(4)10-12-23)13-28-18(24)14-5-7-15(21)8-6-14/h5-8,16,18H,9-13H2,1-4H3/p+1/t16-,18+/m0/s1. The van der Waals surface area contributed by atoms with E-state index < -0.39 is 17.7 Å². The number of rotatable bonds is 2. The molecule has 2 fully saturated rings. The summed E-state index contributed by atoms with van der Waals surface area (Å²) < 4.78 is 5.65. The van der Waals surface area contributed by atoms with Gasteiger partial charge in [-0.15, -0.1) is 11.8 Å². The number of quaternary nitrogens is 1. The molecule has 0 aliphatic carbocycles. The van der Waals surface area contributed by atoms with Gasteiger partial charge < -0.3 is 14.5 Å². The molecule has 1 N–H and O–H groups in total. The topological polar surface area (TPSA) is 54.3 Å². The van der Waals surface area contributed by atoms with Crippen LogP contribution in [0.25, 0.3) is 0 Å². The van der Waals surface area contributed by atoms with Gasteiger partial charge in [0.1, 0.15) is 17.0 Å². The fourth-order valence-corrected chi connectivity index (χ4v) is 4.97. The second kappa shape index (κ2) is 8.51. The Labute approximate surface area is 176 Å². The van der Waals surface area contributed by atoms with Gasteiger partial charge in [0, 0.05) is 10.8 Å². The van der Waals surface area contributed by atoms with Crippen molar-refractivity contribution in [1.82, 2.24) is 9.80 Å². The lowest BCUT2D eigenvalue weighted by Gasteiger charge is -2.36. The lowest BCUT2D eigenvalue weighted by Crippen LogP contribution is -3.12. The first-order chi connectivity index (χ1) is 13.2. The predicted molar refractivity (Wildman–Crippen MR) is 112 cm³/mol. The average molecular weight is 427 g/mol. The Kier molecular flexibility index (Phi) is 6.47. The second-order valence-corrected chi connectivity index (χ2v) is 9.97. The van der Waals surface area contributed by atoms with Crippen LogP contribution >= 0.6 is 23.4 Å². The van der Waals surface area contributed by atoms with Crippen molar-refractivity contribution < 1.29 is 19.2 Å². The molecule has 6 nitrogen and oxygen atoms in total. The highest BCUT2D eigenvalue weighted by Crippen LogP contribution is 2.43. The van der Waals surface area contributed by atoms with E-state index in [0.717, 1.165) is 31.7 Å². The van der Waals surface area contributed by atoms with Crippen LogP contribution in [0.2, 0.25) is 5.02 Å². The molecule has 0 radical (unpaired) electrons. The third-order valence-corrected chi connectivity index (χ3v) is 6.55. The van der Waals surface area contributed by atoms with Crippen molar-refractivity contribution in [3.05, 3.63) is 34.9 Å². The van der Waals surface area contributed by atoms with Gasteiger partial charge in [-0.3, -0.25) is 9.69 Å². The van der Waals surface area contributed by atoms with Crippen LogP contribution in [0.4, 0.5) is 4.79 Å². The molecule has 8 heteroatoms. The van der Waals surface area contributed by atoms with Gasteiger partial charge in [-0.25, -0.2) is 4.79 Å². The summed E-state index contributed by atoms with van der Waals surface area (Å²) in [5.41, 5.74) is 0.318. The molecule has 1 aromatic carbocycles. The molecule has 0 bridgehead atoms. The molecule has 0 aromatic heterocycles. The first kappa shape index (κ1) is 21.3. The molecule has 0 saturated carbocycles. The molecule has 0 spiro atoms. The summed E-state index contributed by atoms with van der Waals surface area (Å²) in [5, 5.41) is 0.377. The SMILES string of the molecule is C[NH+]1CCN(C(=O)[C@@H]2CS[C@H](c3ccc(Cl)cc3)N2C(=O)OC(C)(C)C)CC1. The van der Waals surface area contributed by atoms with Gasteiger partial charge in [0.25, 0.3) is 0 Å². The van der Waals surface area contributed by atoms with Crippen LogP contribution in [-0.2, 0) is 9.53 Å². The van der Waals surface area contributed by atoms with Crippen LogP contribution in [0.5, 0.6) is 0 Å². The van der Waals surface area contributed by atoms with Gasteiger partial charge in [-0.05, 0) is 38.5 Å². The minimum Gasteiger partial charge on any atom is -0.444 e. The number of halogens is 1. The van der Waals surface area contributed by atoms with Crippen LogP contribution < -0.4 is 4.90 Å². The number of carbonyl (C=O) groups is 2. The molecule has 2 heterocycles. The molecule has 2 atom stereocenters. The maximum absolute atomic E-state index is 13.3. The van der Waals surface area contributed by atoms with E-state index in [1.165, 1.54) is 4.90 Å². The van der Waals surface area contributed by atoms with Crippen molar-refractivity contribution in [2.45, 2.75) is 37.8 Å². The van der Waals surface area contributed by atoms with E-state index in [2.05, 4.69) is 7.05 Å². The van der Waals surface area contributed by atoms with Crippen LogP contribution in [0, 0.1) is 0 Å². The number of nitrogens with one attached hydrogen (secondary N) is 1. The quantitative estimate of drug-likeness (QED) is 0.786. The Morgan fingerprint density at radius 1 is 1.18 bits per heavy atom. The highest BCUT2D eigenvalue weighted by Gasteiger charge is 2.46. The fourth-order valence-electron chi connectivity index (χ4n) is 3.44. The first-order valence-electron chi connectivity index (χ1n) is 9.64. The molecule has 154 valence electrons. The summed E-state index contributed by atoms with van der Waals surface area (Å²) >= 11 is 7.62. The van der Waals surface area contributed by atoms with Crippen molar-refractivity contribution in [3.63, 3.8) is 0 Å². The molecule has 1 aromatic rings. The molecule has 2 aliphatic rings. The third kappa shape index (κ3) is 4.93. The highest BCUT2D eigenvalue weighted by atomic mass is 35.5. The summed E-state index contributed by atoms with van der Waals surface area (Å²) in [6.07, 6.45) is -0.449. The van der Waals surface area contributed by atoms with E-state index in [1.807, 2.05) is 49.9 Å². The minimum absolute atomic E-state index is 0.0160. The lowest BCUT2D eigenvalue weighted by atomic mass is 10.1. The molecule has 2 amide bonds. The van der Waals surface area contributed by atoms with Gasteiger partial charge in [0.15, 0.2) is 0 Å². The molecule has 2 saturated heterocycles. The number of carbonyl (C=O) groups excluding carboxylic acids is 2. The van der Waals surface area contributed by atoms with E-state index in [0.29, 0.717) is 10.8 Å². The number of likely N-dealkylation sites (N-methyl/N-ethyl adjacent to an activating group) is 1. The Morgan fingerprint density at radius 3 is 2.36 bits per heavy atom. The maximum atomic E-state index is 13.3. The van der Waals surface area contributed by atoms with Crippen LogP contribution in [0.3, 0.4) is 0 Å². The van der Waals surface area contributed by atoms with Gasteiger partial charge in [-0.2, -0.15) is 0 Å². The minimum atomic E-state index is -0.625. The van der Waals surface area contributed by atoms with Crippen LogP contribution in [0.1, 0.15) is 31.7 Å². The molecule has 3 rings (SSSR count). The van der Waals surface area contributed by atoms with Gasteiger partial charge in [0.05, 0.1) is 33.2 Å². The number of ether oxygens (including phenoxy) is 1. The zero-order valence-corrected chi connectivity index (χ0v) is 18.5. The van der Waals surface area contributed by atoms with E-state index in [1.54, 1.807) is 16.7 Å². The summed E-state index contributed by atoms with van der Waals surface area (Å²) in [7, 11) is 2.14. The summed E-state index contributed by atoms with van der Waals surface area (Å²) in [6, 6.07) is 6.91.